The first-order valence-electron chi connectivity index (χ1n) is 9.33. The summed E-state index contributed by atoms with van der Waals surface area (Å²) in [7, 11) is 0. The van der Waals surface area contributed by atoms with Crippen LogP contribution >= 0.6 is 11.3 Å². The Morgan fingerprint density at radius 1 is 1.11 bits per heavy atom. The van der Waals surface area contributed by atoms with E-state index in [0.717, 1.165) is 17.8 Å². The van der Waals surface area contributed by atoms with Gasteiger partial charge >= 0.3 is 6.03 Å². The van der Waals surface area contributed by atoms with Crippen LogP contribution in [0.3, 0.4) is 0 Å². The number of likely N-dealkylation sites (tertiary alicyclic amines) is 1. The van der Waals surface area contributed by atoms with Crippen LogP contribution in [0.4, 0.5) is 9.93 Å². The highest BCUT2D eigenvalue weighted by atomic mass is 32.1. The maximum atomic E-state index is 12.9. The van der Waals surface area contributed by atoms with E-state index in [9.17, 15) is 14.4 Å². The van der Waals surface area contributed by atoms with Gasteiger partial charge in [-0.1, -0.05) is 37.3 Å². The number of aromatic nitrogens is 2. The van der Waals surface area contributed by atoms with E-state index in [0.29, 0.717) is 5.13 Å². The summed E-state index contributed by atoms with van der Waals surface area (Å²) in [5.41, 5.74) is 0. The molecular formula is C18H23N5O3S. The zero-order valence-corrected chi connectivity index (χ0v) is 16.3. The van der Waals surface area contributed by atoms with Crippen LogP contribution in [0.5, 0.6) is 0 Å². The Balaban J connectivity index is 1.42. The molecule has 2 bridgehead atoms. The van der Waals surface area contributed by atoms with Crippen LogP contribution in [0.15, 0.2) is 12.2 Å². The maximum Gasteiger partial charge on any atom is 0.322 e. The summed E-state index contributed by atoms with van der Waals surface area (Å²) < 4.78 is 0. The van der Waals surface area contributed by atoms with Crippen molar-refractivity contribution >= 4 is 34.3 Å². The van der Waals surface area contributed by atoms with Crippen molar-refractivity contribution in [3.05, 3.63) is 17.2 Å². The van der Waals surface area contributed by atoms with E-state index in [-0.39, 0.29) is 41.4 Å². The van der Waals surface area contributed by atoms with Crippen molar-refractivity contribution in [2.75, 3.05) is 5.32 Å². The number of rotatable bonds is 4. The molecule has 1 aromatic heterocycles. The summed E-state index contributed by atoms with van der Waals surface area (Å²) in [5.74, 6) is -0.385. The number of carbonyl (C=O) groups is 3. The molecule has 1 saturated heterocycles. The van der Waals surface area contributed by atoms with Gasteiger partial charge in [0.2, 0.25) is 16.9 Å². The van der Waals surface area contributed by atoms with Gasteiger partial charge in [0.15, 0.2) is 0 Å². The molecule has 5 atom stereocenters. The zero-order valence-electron chi connectivity index (χ0n) is 15.5. The number of fused-ring (bicyclic) bond motifs is 1. The number of allylic oxidation sites excluding steroid dienone is 2. The topological polar surface area (TPSA) is 104 Å². The fraction of sp³-hybridized carbons (Fsp3) is 0.611. The highest BCUT2D eigenvalue weighted by Gasteiger charge is 2.57. The molecular weight excluding hydrogens is 366 g/mol. The van der Waals surface area contributed by atoms with Gasteiger partial charge in [-0.2, -0.15) is 0 Å². The molecule has 144 valence electrons. The third-order valence-electron chi connectivity index (χ3n) is 5.68. The van der Waals surface area contributed by atoms with Crippen molar-refractivity contribution in [3.8, 4) is 0 Å². The minimum Gasteiger partial charge on any atom is -0.317 e. The summed E-state index contributed by atoms with van der Waals surface area (Å²) in [5, 5.41) is 14.5. The smallest absolute Gasteiger partial charge is 0.317 e. The number of anilines is 1. The molecule has 0 spiro atoms. The number of hydrogen-bond acceptors (Lipinski definition) is 6. The number of amides is 4. The molecule has 1 saturated carbocycles. The molecule has 1 aromatic rings. The number of nitrogens with one attached hydrogen (secondary N) is 2. The van der Waals surface area contributed by atoms with Crippen LogP contribution < -0.4 is 10.6 Å². The molecule has 2 N–H and O–H groups in total. The Hall–Kier alpha value is -2.29. The average molecular weight is 389 g/mol. The largest absolute Gasteiger partial charge is 0.322 e. The summed E-state index contributed by atoms with van der Waals surface area (Å²) in [4.78, 5) is 39.3. The number of nitrogens with zero attached hydrogens (tertiary/aromatic N) is 3. The Morgan fingerprint density at radius 3 is 2.19 bits per heavy atom. The van der Waals surface area contributed by atoms with Crippen LogP contribution in [0, 0.1) is 23.7 Å². The predicted octanol–water partition coefficient (Wildman–Crippen LogP) is 2.33. The predicted molar refractivity (Wildman–Crippen MR) is 99.8 cm³/mol. The Bertz CT molecular complexity index is 788. The average Bonchev–Trinajstić information content (AvgIpc) is 3.20. The molecule has 0 radical (unpaired) electrons. The second-order valence-electron chi connectivity index (χ2n) is 7.76. The van der Waals surface area contributed by atoms with E-state index >= 15 is 0 Å². The summed E-state index contributed by atoms with van der Waals surface area (Å²) in [6.45, 7) is 5.65. The maximum absolute atomic E-state index is 12.9. The van der Waals surface area contributed by atoms with E-state index in [1.807, 2.05) is 13.8 Å². The third-order valence-corrected chi connectivity index (χ3v) is 6.81. The second-order valence-corrected chi connectivity index (χ2v) is 8.77. The van der Waals surface area contributed by atoms with Crippen molar-refractivity contribution in [1.29, 1.82) is 0 Å². The first-order valence-corrected chi connectivity index (χ1v) is 10.1. The first-order chi connectivity index (χ1) is 12.9. The van der Waals surface area contributed by atoms with E-state index < -0.39 is 12.2 Å². The summed E-state index contributed by atoms with van der Waals surface area (Å²) >= 11 is 1.30. The molecule has 4 aliphatic rings. The highest BCUT2D eigenvalue weighted by molar-refractivity contribution is 7.15. The summed E-state index contributed by atoms with van der Waals surface area (Å²) in [6, 6.07) is -0.509. The highest BCUT2D eigenvalue weighted by Crippen LogP contribution is 2.49. The molecule has 8 nitrogen and oxygen atoms in total. The molecule has 0 aromatic carbocycles. The van der Waals surface area contributed by atoms with Crippen molar-refractivity contribution in [2.24, 2.45) is 23.7 Å². The molecule has 9 heteroatoms. The lowest BCUT2D eigenvalue weighted by Gasteiger charge is -2.38. The van der Waals surface area contributed by atoms with E-state index in [1.54, 1.807) is 6.92 Å². The van der Waals surface area contributed by atoms with E-state index in [4.69, 9.17) is 0 Å². The minimum absolute atomic E-state index is 0.137. The van der Waals surface area contributed by atoms with Gasteiger partial charge in [0, 0.05) is 5.92 Å². The Kier molecular flexibility index (Phi) is 4.49. The quantitative estimate of drug-likeness (QED) is 0.607. The SMILES string of the molecule is CC(C)c1nnc(NC(=O)N[C@H](C)N2C(=O)[C@@H]3[C@@H](C2=O)[C@H]2C=C[C@H]3CC2)s1. The van der Waals surface area contributed by atoms with Crippen molar-refractivity contribution in [2.45, 2.75) is 45.7 Å². The van der Waals surface area contributed by atoms with Crippen molar-refractivity contribution in [3.63, 3.8) is 0 Å². The van der Waals surface area contributed by atoms with Crippen molar-refractivity contribution in [1.82, 2.24) is 20.4 Å². The first kappa shape index (κ1) is 18.1. The Labute approximate surface area is 161 Å². The number of urea groups is 1. The Morgan fingerprint density at radius 2 is 1.70 bits per heavy atom. The molecule has 4 amide bonds. The van der Waals surface area contributed by atoms with Crippen LogP contribution in [0.2, 0.25) is 0 Å². The van der Waals surface area contributed by atoms with E-state index in [2.05, 4.69) is 33.0 Å². The molecule has 2 heterocycles. The lowest BCUT2D eigenvalue weighted by atomic mass is 9.63. The molecule has 1 aliphatic heterocycles. The fourth-order valence-corrected chi connectivity index (χ4v) is 5.13. The van der Waals surface area contributed by atoms with Gasteiger partial charge in [0.25, 0.3) is 0 Å². The zero-order chi connectivity index (χ0) is 19.3. The van der Waals surface area contributed by atoms with Gasteiger partial charge in [0.05, 0.1) is 11.8 Å². The molecule has 5 rings (SSSR count). The summed E-state index contributed by atoms with van der Waals surface area (Å²) in [6.07, 6.45) is 5.35. The minimum atomic E-state index is -0.715. The van der Waals surface area contributed by atoms with Crippen molar-refractivity contribution < 1.29 is 14.4 Å². The number of hydrogen-bond donors (Lipinski definition) is 2. The van der Waals surface area contributed by atoms with Gasteiger partial charge in [-0.25, -0.2) is 4.79 Å². The van der Waals surface area contributed by atoms with Crippen LogP contribution in [0.1, 0.15) is 44.5 Å². The second kappa shape index (κ2) is 6.70. The molecule has 27 heavy (non-hydrogen) atoms. The van der Waals surface area contributed by atoms with Crippen LogP contribution in [-0.4, -0.2) is 39.1 Å². The lowest BCUT2D eigenvalue weighted by molar-refractivity contribution is -0.142. The standard InChI is InChI=1S/C18H23N5O3S/c1-8(2)14-21-22-18(27-14)20-17(26)19-9(3)23-15(24)12-10-4-5-11(7-6-10)13(12)16(23)25/h4-5,8-13H,6-7H2,1-3H3,(H2,19,20,22,26)/t9-,10-,11-,12-,13-/m0/s1. The molecule has 2 fully saturated rings. The van der Waals surface area contributed by atoms with Crippen LogP contribution in [-0.2, 0) is 9.59 Å². The van der Waals surface area contributed by atoms with E-state index in [1.165, 1.54) is 16.2 Å². The number of carbonyl (C=O) groups excluding carboxylic acids is 3. The molecule has 3 aliphatic carbocycles. The normalized spacial score (nSPS) is 30.0. The van der Waals surface area contributed by atoms with Gasteiger partial charge in [-0.15, -0.1) is 10.2 Å². The molecule has 0 unspecified atom stereocenters. The van der Waals surface area contributed by atoms with Crippen LogP contribution in [0.25, 0.3) is 0 Å². The van der Waals surface area contributed by atoms with Gasteiger partial charge in [-0.05, 0) is 31.6 Å². The van der Waals surface area contributed by atoms with Gasteiger partial charge < -0.3 is 5.32 Å². The third kappa shape index (κ3) is 3.03. The monoisotopic (exact) mass is 389 g/mol. The number of imide groups is 1. The van der Waals surface area contributed by atoms with Gasteiger partial charge in [0.1, 0.15) is 11.2 Å². The lowest BCUT2D eigenvalue weighted by Crippen LogP contribution is -2.50. The fourth-order valence-electron chi connectivity index (χ4n) is 4.38. The van der Waals surface area contributed by atoms with Gasteiger partial charge in [-0.3, -0.25) is 19.8 Å².